The molecule has 0 aliphatic heterocycles. The van der Waals surface area contributed by atoms with E-state index < -0.39 is 0 Å². The van der Waals surface area contributed by atoms with Crippen LogP contribution in [0.3, 0.4) is 0 Å². The molecule has 0 atom stereocenters. The number of para-hydroxylation sites is 1. The molecule has 182 valence electrons. The minimum atomic E-state index is 0.588. The maximum atomic E-state index is 9.51. The van der Waals surface area contributed by atoms with Gasteiger partial charge >= 0.3 is 0 Å². The van der Waals surface area contributed by atoms with E-state index in [1.54, 1.807) is 0 Å². The van der Waals surface area contributed by atoms with E-state index >= 15 is 0 Å². The second-order valence-electron chi connectivity index (χ2n) is 9.38. The van der Waals surface area contributed by atoms with Crippen LogP contribution in [0.2, 0.25) is 0 Å². The zero-order chi connectivity index (χ0) is 26.9. The van der Waals surface area contributed by atoms with E-state index in [9.17, 15) is 15.8 Å². The average Bonchev–Trinajstić information content (AvgIpc) is 3.31. The van der Waals surface area contributed by atoms with Gasteiger partial charge in [-0.15, -0.1) is 0 Å². The fourth-order valence-electron chi connectivity index (χ4n) is 5.14. The lowest BCUT2D eigenvalue weighted by Gasteiger charge is -2.27. The number of hydrogen-bond acceptors (Lipinski definition) is 4. The minimum Gasteiger partial charge on any atom is -0.310 e. The van der Waals surface area contributed by atoms with Crippen molar-refractivity contribution in [2.24, 2.45) is 0 Å². The summed E-state index contributed by atoms with van der Waals surface area (Å²) in [4.78, 5) is 2.13. The van der Waals surface area contributed by atoms with Gasteiger partial charge in [0.1, 0.15) is 0 Å². The van der Waals surface area contributed by atoms with Crippen molar-refractivity contribution < 1.29 is 0 Å². The molecule has 0 aliphatic rings. The Morgan fingerprint density at radius 1 is 0.538 bits per heavy atom. The SMILES string of the molecule is Cc1cc(N(c2ccc(C#N)cc2)c2ccc(C#N)cc2)cc(-n2c3ccccc3c3cc(C#N)ccc32)c1. The van der Waals surface area contributed by atoms with Gasteiger partial charge in [-0.2, -0.15) is 15.8 Å². The number of nitrogens with zero attached hydrogens (tertiary/aromatic N) is 5. The molecule has 5 aromatic carbocycles. The quantitative estimate of drug-likeness (QED) is 0.245. The van der Waals surface area contributed by atoms with E-state index in [-0.39, 0.29) is 0 Å². The van der Waals surface area contributed by atoms with Crippen LogP contribution >= 0.6 is 0 Å². The Bertz CT molecular complexity index is 1940. The van der Waals surface area contributed by atoms with Gasteiger partial charge in [0.15, 0.2) is 0 Å². The highest BCUT2D eigenvalue weighted by atomic mass is 15.1. The van der Waals surface area contributed by atoms with Crippen molar-refractivity contribution in [1.82, 2.24) is 4.57 Å². The van der Waals surface area contributed by atoms with Crippen molar-refractivity contribution in [2.45, 2.75) is 6.92 Å². The van der Waals surface area contributed by atoms with Crippen LogP contribution in [0, 0.1) is 40.9 Å². The van der Waals surface area contributed by atoms with Crippen LogP contribution in [0.15, 0.2) is 109 Å². The maximum Gasteiger partial charge on any atom is 0.0991 e. The number of aromatic nitrogens is 1. The third-order valence-electron chi connectivity index (χ3n) is 6.87. The van der Waals surface area contributed by atoms with E-state index in [0.717, 1.165) is 50.1 Å². The van der Waals surface area contributed by atoms with E-state index in [4.69, 9.17) is 0 Å². The summed E-state index contributed by atoms with van der Waals surface area (Å²) in [7, 11) is 0. The van der Waals surface area contributed by atoms with Gasteiger partial charge in [-0.1, -0.05) is 18.2 Å². The minimum absolute atomic E-state index is 0.588. The van der Waals surface area contributed by atoms with Gasteiger partial charge in [0.2, 0.25) is 0 Å². The number of nitriles is 3. The Labute approximate surface area is 226 Å². The van der Waals surface area contributed by atoms with Crippen LogP contribution in [0.1, 0.15) is 22.3 Å². The molecular formula is C34H21N5. The Morgan fingerprint density at radius 2 is 1.10 bits per heavy atom. The summed E-state index contributed by atoms with van der Waals surface area (Å²) >= 11 is 0. The second kappa shape index (κ2) is 9.56. The summed E-state index contributed by atoms with van der Waals surface area (Å²) in [6, 6.07) is 42.1. The first-order chi connectivity index (χ1) is 19.1. The predicted octanol–water partition coefficient (Wildman–Crippen LogP) is 8.18. The molecule has 1 heterocycles. The normalized spacial score (nSPS) is 10.6. The molecule has 0 amide bonds. The molecule has 0 saturated carbocycles. The number of benzene rings is 5. The van der Waals surface area contributed by atoms with Gasteiger partial charge in [-0.25, -0.2) is 0 Å². The predicted molar refractivity (Wildman–Crippen MR) is 154 cm³/mol. The molecular weight excluding hydrogens is 478 g/mol. The van der Waals surface area contributed by atoms with Crippen molar-refractivity contribution in [1.29, 1.82) is 15.8 Å². The number of rotatable bonds is 4. The zero-order valence-corrected chi connectivity index (χ0v) is 21.1. The third-order valence-corrected chi connectivity index (χ3v) is 6.87. The molecule has 0 unspecified atom stereocenters. The van der Waals surface area contributed by atoms with Gasteiger partial charge < -0.3 is 9.47 Å². The monoisotopic (exact) mass is 499 g/mol. The topological polar surface area (TPSA) is 79.5 Å². The van der Waals surface area contributed by atoms with Gasteiger partial charge in [-0.3, -0.25) is 0 Å². The lowest BCUT2D eigenvalue weighted by atomic mass is 10.1. The highest BCUT2D eigenvalue weighted by Crippen LogP contribution is 2.38. The molecule has 5 nitrogen and oxygen atoms in total. The third kappa shape index (κ3) is 4.13. The fraction of sp³-hybridized carbons (Fsp3) is 0.0294. The molecule has 0 aliphatic carbocycles. The lowest BCUT2D eigenvalue weighted by molar-refractivity contribution is 1.16. The lowest BCUT2D eigenvalue weighted by Crippen LogP contribution is -2.11. The second-order valence-corrected chi connectivity index (χ2v) is 9.38. The number of anilines is 3. The fourth-order valence-corrected chi connectivity index (χ4v) is 5.14. The summed E-state index contributed by atoms with van der Waals surface area (Å²) in [6.45, 7) is 2.07. The largest absolute Gasteiger partial charge is 0.310 e. The van der Waals surface area contributed by atoms with Crippen molar-refractivity contribution in [3.05, 3.63) is 131 Å². The van der Waals surface area contributed by atoms with Crippen LogP contribution in [0.4, 0.5) is 17.1 Å². The van der Waals surface area contributed by atoms with E-state index in [2.05, 4.69) is 64.9 Å². The van der Waals surface area contributed by atoms with E-state index in [1.807, 2.05) is 78.9 Å². The highest BCUT2D eigenvalue weighted by Gasteiger charge is 2.17. The van der Waals surface area contributed by atoms with Gasteiger partial charge in [0.05, 0.1) is 45.9 Å². The average molecular weight is 500 g/mol. The van der Waals surface area contributed by atoms with Crippen LogP contribution in [0.25, 0.3) is 27.5 Å². The molecule has 0 N–H and O–H groups in total. The van der Waals surface area contributed by atoms with Crippen molar-refractivity contribution >= 4 is 38.9 Å². The Morgan fingerprint density at radius 3 is 1.72 bits per heavy atom. The van der Waals surface area contributed by atoms with Gasteiger partial charge in [0.25, 0.3) is 0 Å². The molecule has 6 rings (SSSR count). The number of hydrogen-bond donors (Lipinski definition) is 0. The van der Waals surface area contributed by atoms with Crippen molar-refractivity contribution in [2.75, 3.05) is 4.90 Å². The summed E-state index contributed by atoms with van der Waals surface area (Å²) in [5.74, 6) is 0. The van der Waals surface area contributed by atoms with E-state index in [0.29, 0.717) is 16.7 Å². The van der Waals surface area contributed by atoms with Crippen molar-refractivity contribution in [3.8, 4) is 23.9 Å². The Hall–Kier alpha value is -5.83. The zero-order valence-electron chi connectivity index (χ0n) is 21.1. The van der Waals surface area contributed by atoms with E-state index in [1.165, 1.54) is 0 Å². The first-order valence-electron chi connectivity index (χ1n) is 12.5. The summed E-state index contributed by atoms with van der Waals surface area (Å²) in [5.41, 5.74) is 8.70. The highest BCUT2D eigenvalue weighted by molar-refractivity contribution is 6.09. The van der Waals surface area contributed by atoms with Crippen molar-refractivity contribution in [3.63, 3.8) is 0 Å². The summed E-state index contributed by atoms with van der Waals surface area (Å²) < 4.78 is 2.23. The van der Waals surface area contributed by atoms with Gasteiger partial charge in [0, 0.05) is 33.5 Å². The molecule has 0 bridgehead atoms. The van der Waals surface area contributed by atoms with Crippen LogP contribution in [-0.2, 0) is 0 Å². The maximum absolute atomic E-state index is 9.51. The molecule has 5 heteroatoms. The first-order valence-corrected chi connectivity index (χ1v) is 12.5. The molecule has 6 aromatic rings. The molecule has 0 saturated heterocycles. The molecule has 39 heavy (non-hydrogen) atoms. The summed E-state index contributed by atoms with van der Waals surface area (Å²) in [6.07, 6.45) is 0. The molecule has 0 radical (unpaired) electrons. The van der Waals surface area contributed by atoms with Crippen LogP contribution in [-0.4, -0.2) is 4.57 Å². The number of fused-ring (bicyclic) bond motifs is 3. The standard InChI is InChI=1S/C34H21N5/c1-23-16-29(38(27-11-6-24(20-35)7-12-27)28-13-8-25(21-36)9-14-28)19-30(17-23)39-33-5-3-2-4-31(33)32-18-26(22-37)10-15-34(32)39/h2-19H,1H3. The Kier molecular flexibility index (Phi) is 5.78. The molecule has 1 aromatic heterocycles. The number of aryl methyl sites for hydroxylation is 1. The Balaban J connectivity index is 1.60. The molecule has 0 spiro atoms. The summed E-state index contributed by atoms with van der Waals surface area (Å²) in [5, 5.41) is 30.3. The van der Waals surface area contributed by atoms with Gasteiger partial charge in [-0.05, 0) is 103 Å². The van der Waals surface area contributed by atoms with Crippen LogP contribution < -0.4 is 4.90 Å². The smallest absolute Gasteiger partial charge is 0.0991 e. The first kappa shape index (κ1) is 23.6. The molecule has 0 fully saturated rings. The van der Waals surface area contributed by atoms with Crippen LogP contribution in [0.5, 0.6) is 0 Å².